The molecule has 16 heavy (non-hydrogen) atoms. The summed E-state index contributed by atoms with van der Waals surface area (Å²) in [5, 5.41) is 0. The zero-order chi connectivity index (χ0) is 11.5. The molecule has 1 aromatic heterocycles. The molecule has 1 atom stereocenters. The second-order valence-corrected chi connectivity index (χ2v) is 4.51. The summed E-state index contributed by atoms with van der Waals surface area (Å²) in [6, 6.07) is 0.568. The molecular weight excluding hydrogens is 202 g/mol. The van der Waals surface area contributed by atoms with Gasteiger partial charge < -0.3 is 10.6 Å². The lowest BCUT2D eigenvalue weighted by molar-refractivity contribution is 0.0926. The molecule has 1 fully saturated rings. The Balaban J connectivity index is 1.96. The highest BCUT2D eigenvalue weighted by molar-refractivity contribution is 5.22. The third kappa shape index (κ3) is 2.68. The van der Waals surface area contributed by atoms with Crippen LogP contribution in [0.4, 0.5) is 5.82 Å². The maximum Gasteiger partial charge on any atom is 0.141 e. The first-order valence-corrected chi connectivity index (χ1v) is 5.64. The van der Waals surface area contributed by atoms with Crippen LogP contribution in [0, 0.1) is 0 Å². The Kier molecular flexibility index (Phi) is 3.36. The number of rotatable bonds is 2. The fourth-order valence-electron chi connectivity index (χ4n) is 2.07. The van der Waals surface area contributed by atoms with Crippen LogP contribution in [0.1, 0.15) is 12.6 Å². The summed E-state index contributed by atoms with van der Waals surface area (Å²) in [6.07, 6.45) is 3.39. The molecule has 2 heterocycles. The molecule has 0 aliphatic carbocycles. The molecule has 1 aliphatic rings. The van der Waals surface area contributed by atoms with Gasteiger partial charge in [-0.15, -0.1) is 0 Å². The molecular formula is C11H19N5. The van der Waals surface area contributed by atoms with E-state index in [0.29, 0.717) is 11.9 Å². The molecule has 0 spiro atoms. The van der Waals surface area contributed by atoms with Crippen molar-refractivity contribution in [2.24, 2.45) is 0 Å². The van der Waals surface area contributed by atoms with Crippen molar-refractivity contribution >= 4 is 5.82 Å². The third-order valence-corrected chi connectivity index (χ3v) is 3.06. The van der Waals surface area contributed by atoms with E-state index in [2.05, 4.69) is 33.7 Å². The second-order valence-electron chi connectivity index (χ2n) is 4.51. The molecule has 5 nitrogen and oxygen atoms in total. The molecule has 0 bridgehead atoms. The smallest absolute Gasteiger partial charge is 0.141 e. The van der Waals surface area contributed by atoms with E-state index in [1.807, 2.05) is 0 Å². The van der Waals surface area contributed by atoms with Crippen molar-refractivity contribution in [3.63, 3.8) is 0 Å². The van der Waals surface area contributed by atoms with Crippen LogP contribution in [0.5, 0.6) is 0 Å². The quantitative estimate of drug-likeness (QED) is 0.773. The number of aromatic nitrogens is 2. The largest absolute Gasteiger partial charge is 0.382 e. The molecule has 1 saturated heterocycles. The summed E-state index contributed by atoms with van der Waals surface area (Å²) >= 11 is 0. The molecule has 1 aromatic rings. The number of anilines is 1. The van der Waals surface area contributed by atoms with Crippen molar-refractivity contribution in [1.29, 1.82) is 0 Å². The zero-order valence-electron chi connectivity index (χ0n) is 9.93. The van der Waals surface area contributed by atoms with Crippen LogP contribution in [0.2, 0.25) is 0 Å². The highest BCUT2D eigenvalue weighted by Crippen LogP contribution is 2.11. The van der Waals surface area contributed by atoms with Crippen LogP contribution in [-0.2, 0) is 6.54 Å². The first kappa shape index (κ1) is 11.3. The maximum atomic E-state index is 5.51. The summed E-state index contributed by atoms with van der Waals surface area (Å²) in [7, 11) is 2.16. The van der Waals surface area contributed by atoms with Crippen molar-refractivity contribution in [2.45, 2.75) is 19.5 Å². The molecule has 2 N–H and O–H groups in total. The van der Waals surface area contributed by atoms with E-state index in [-0.39, 0.29) is 0 Å². The molecule has 2 rings (SSSR count). The Bertz CT molecular complexity index is 337. The standard InChI is InChI=1S/C11H19N5/c1-9-7-15(2)3-4-16(9)8-10-5-14-11(12)6-13-10/h5-6,9H,3-4,7-8H2,1-2H3,(H2,12,14). The number of nitrogens with two attached hydrogens (primary N) is 1. The van der Waals surface area contributed by atoms with E-state index in [0.717, 1.165) is 31.9 Å². The Hall–Kier alpha value is -1.20. The minimum Gasteiger partial charge on any atom is -0.382 e. The Morgan fingerprint density at radius 1 is 1.38 bits per heavy atom. The van der Waals surface area contributed by atoms with Gasteiger partial charge in [-0.2, -0.15) is 0 Å². The predicted molar refractivity (Wildman–Crippen MR) is 63.8 cm³/mol. The summed E-state index contributed by atoms with van der Waals surface area (Å²) < 4.78 is 0. The number of nitrogen functional groups attached to an aromatic ring is 1. The fraction of sp³-hybridized carbons (Fsp3) is 0.636. The van der Waals surface area contributed by atoms with Gasteiger partial charge in [0.2, 0.25) is 0 Å². The second kappa shape index (κ2) is 4.76. The van der Waals surface area contributed by atoms with Crippen LogP contribution < -0.4 is 5.73 Å². The van der Waals surface area contributed by atoms with E-state index >= 15 is 0 Å². The van der Waals surface area contributed by atoms with Crippen molar-refractivity contribution in [1.82, 2.24) is 19.8 Å². The normalized spacial score (nSPS) is 23.5. The van der Waals surface area contributed by atoms with E-state index < -0.39 is 0 Å². The van der Waals surface area contributed by atoms with E-state index in [1.54, 1.807) is 12.4 Å². The highest BCUT2D eigenvalue weighted by atomic mass is 15.3. The number of piperazine rings is 1. The van der Waals surface area contributed by atoms with Gasteiger partial charge in [0, 0.05) is 32.2 Å². The van der Waals surface area contributed by atoms with Gasteiger partial charge in [-0.25, -0.2) is 4.98 Å². The van der Waals surface area contributed by atoms with Gasteiger partial charge in [0.05, 0.1) is 18.1 Å². The summed E-state index contributed by atoms with van der Waals surface area (Å²) in [4.78, 5) is 13.1. The van der Waals surface area contributed by atoms with Crippen LogP contribution >= 0.6 is 0 Å². The maximum absolute atomic E-state index is 5.51. The lowest BCUT2D eigenvalue weighted by Gasteiger charge is -2.37. The van der Waals surface area contributed by atoms with Crippen molar-refractivity contribution < 1.29 is 0 Å². The molecule has 1 aliphatic heterocycles. The first-order chi connectivity index (χ1) is 7.65. The minimum absolute atomic E-state index is 0.482. The Labute approximate surface area is 96.3 Å². The van der Waals surface area contributed by atoms with Crippen molar-refractivity contribution in [3.8, 4) is 0 Å². The molecule has 0 saturated carbocycles. The molecule has 0 radical (unpaired) electrons. The average molecular weight is 221 g/mol. The van der Waals surface area contributed by atoms with Gasteiger partial charge in [0.15, 0.2) is 0 Å². The molecule has 0 amide bonds. The molecule has 88 valence electrons. The van der Waals surface area contributed by atoms with Gasteiger partial charge in [-0.3, -0.25) is 9.88 Å². The Morgan fingerprint density at radius 2 is 2.19 bits per heavy atom. The first-order valence-electron chi connectivity index (χ1n) is 5.64. The number of hydrogen-bond acceptors (Lipinski definition) is 5. The summed E-state index contributed by atoms with van der Waals surface area (Å²) in [5.41, 5.74) is 6.50. The molecule has 0 aromatic carbocycles. The lowest BCUT2D eigenvalue weighted by Crippen LogP contribution is -2.49. The van der Waals surface area contributed by atoms with E-state index in [4.69, 9.17) is 5.73 Å². The predicted octanol–water partition coefficient (Wildman–Crippen LogP) is 0.195. The monoisotopic (exact) mass is 221 g/mol. The van der Waals surface area contributed by atoms with Crippen molar-refractivity contribution in [2.75, 3.05) is 32.4 Å². The van der Waals surface area contributed by atoms with E-state index in [9.17, 15) is 0 Å². The molecule has 1 unspecified atom stereocenters. The summed E-state index contributed by atoms with van der Waals surface area (Å²) in [5.74, 6) is 0.482. The lowest BCUT2D eigenvalue weighted by atomic mass is 10.2. The molecule has 5 heteroatoms. The van der Waals surface area contributed by atoms with Gasteiger partial charge in [-0.1, -0.05) is 0 Å². The average Bonchev–Trinajstić information content (AvgIpc) is 2.25. The van der Waals surface area contributed by atoms with Gasteiger partial charge >= 0.3 is 0 Å². The Morgan fingerprint density at radius 3 is 2.81 bits per heavy atom. The zero-order valence-corrected chi connectivity index (χ0v) is 9.93. The third-order valence-electron chi connectivity index (χ3n) is 3.06. The van der Waals surface area contributed by atoms with Crippen LogP contribution in [0.3, 0.4) is 0 Å². The van der Waals surface area contributed by atoms with Gasteiger partial charge in [0.1, 0.15) is 5.82 Å². The van der Waals surface area contributed by atoms with Crippen LogP contribution in [-0.4, -0.2) is 52.5 Å². The topological polar surface area (TPSA) is 58.3 Å². The fourth-order valence-corrected chi connectivity index (χ4v) is 2.07. The minimum atomic E-state index is 0.482. The number of likely N-dealkylation sites (N-methyl/N-ethyl adjacent to an activating group) is 1. The number of hydrogen-bond donors (Lipinski definition) is 1. The number of nitrogens with zero attached hydrogens (tertiary/aromatic N) is 4. The van der Waals surface area contributed by atoms with E-state index in [1.165, 1.54) is 0 Å². The van der Waals surface area contributed by atoms with Gasteiger partial charge in [-0.05, 0) is 14.0 Å². The van der Waals surface area contributed by atoms with Crippen molar-refractivity contribution in [3.05, 3.63) is 18.1 Å². The summed E-state index contributed by atoms with van der Waals surface area (Å²) in [6.45, 7) is 6.43. The van der Waals surface area contributed by atoms with Crippen LogP contribution in [0.25, 0.3) is 0 Å². The SMILES string of the molecule is CC1CN(C)CCN1Cc1cnc(N)cn1. The van der Waals surface area contributed by atoms with Crippen LogP contribution in [0.15, 0.2) is 12.4 Å². The highest BCUT2D eigenvalue weighted by Gasteiger charge is 2.21. The van der Waals surface area contributed by atoms with Gasteiger partial charge in [0.25, 0.3) is 0 Å².